The molecule has 6 heteroatoms. The molecule has 1 rings (SSSR count). The average molecular weight is 309 g/mol. The zero-order chi connectivity index (χ0) is 15.8. The molecule has 0 aromatic heterocycles. The molecule has 0 fully saturated rings. The van der Waals surface area contributed by atoms with Crippen molar-refractivity contribution in [1.82, 2.24) is 5.32 Å². The largest absolute Gasteiger partial charge is 0.478 e. The maximum absolute atomic E-state index is 12.1. The number of carbonyl (C=O) groups excluding carboxylic acids is 1. The number of amides is 1. The minimum Gasteiger partial charge on any atom is -0.478 e. The predicted molar refractivity (Wildman–Crippen MR) is 83.7 cm³/mol. The molecule has 1 amide bonds. The van der Waals surface area contributed by atoms with E-state index < -0.39 is 16.8 Å². The zero-order valence-corrected chi connectivity index (χ0v) is 12.9. The Labute approximate surface area is 126 Å². The summed E-state index contributed by atoms with van der Waals surface area (Å²) in [5.74, 6) is -0.685. The first-order valence-electron chi connectivity index (χ1n) is 6.50. The van der Waals surface area contributed by atoms with Crippen LogP contribution in [0.15, 0.2) is 24.3 Å². The maximum Gasteiger partial charge on any atom is 0.328 e. The molecule has 0 aliphatic rings. The Kier molecular flexibility index (Phi) is 6.81. The van der Waals surface area contributed by atoms with Gasteiger partial charge in [-0.1, -0.05) is 12.1 Å². The van der Waals surface area contributed by atoms with Crippen LogP contribution in [0.1, 0.15) is 27.9 Å². The van der Waals surface area contributed by atoms with Crippen LogP contribution in [0.4, 0.5) is 0 Å². The molecule has 114 valence electrons. The third-order valence-corrected chi connectivity index (χ3v) is 3.68. The first kappa shape index (κ1) is 17.1. The topological polar surface area (TPSA) is 83.5 Å². The van der Waals surface area contributed by atoms with Crippen LogP contribution in [0, 0.1) is 6.92 Å². The van der Waals surface area contributed by atoms with E-state index in [1.165, 1.54) is 6.08 Å². The van der Waals surface area contributed by atoms with Crippen molar-refractivity contribution in [1.29, 1.82) is 0 Å². The second-order valence-corrected chi connectivity index (χ2v) is 6.19. The van der Waals surface area contributed by atoms with E-state index in [0.717, 1.165) is 11.6 Å². The van der Waals surface area contributed by atoms with Crippen LogP contribution < -0.4 is 5.32 Å². The van der Waals surface area contributed by atoms with Crippen LogP contribution in [-0.2, 0) is 15.6 Å². The van der Waals surface area contributed by atoms with Gasteiger partial charge in [-0.2, -0.15) is 0 Å². The van der Waals surface area contributed by atoms with Gasteiger partial charge in [0.15, 0.2) is 0 Å². The molecule has 1 aromatic rings. The number of hydrogen-bond donors (Lipinski definition) is 2. The summed E-state index contributed by atoms with van der Waals surface area (Å²) < 4.78 is 10.9. The van der Waals surface area contributed by atoms with Gasteiger partial charge in [0, 0.05) is 41.0 Å². The van der Waals surface area contributed by atoms with E-state index in [2.05, 4.69) is 5.32 Å². The van der Waals surface area contributed by atoms with E-state index in [-0.39, 0.29) is 5.91 Å². The molecule has 2 N–H and O–H groups in total. The third kappa shape index (κ3) is 6.35. The van der Waals surface area contributed by atoms with Gasteiger partial charge in [0.05, 0.1) is 0 Å². The molecule has 0 saturated heterocycles. The lowest BCUT2D eigenvalue weighted by Crippen LogP contribution is -2.26. The lowest BCUT2D eigenvalue weighted by Gasteiger charge is -2.08. The van der Waals surface area contributed by atoms with Crippen molar-refractivity contribution in [2.24, 2.45) is 0 Å². The summed E-state index contributed by atoms with van der Waals surface area (Å²) in [4.78, 5) is 22.6. The summed E-state index contributed by atoms with van der Waals surface area (Å²) in [6, 6.07) is 5.19. The SMILES string of the molecule is Cc1ccc(/C=C/C(=O)O)cc1C(=O)NCCCS(C)=O. The van der Waals surface area contributed by atoms with Crippen molar-refractivity contribution < 1.29 is 18.9 Å². The van der Waals surface area contributed by atoms with Crippen LogP contribution in [0.3, 0.4) is 0 Å². The molecule has 0 aliphatic carbocycles. The van der Waals surface area contributed by atoms with Crippen molar-refractivity contribution in [3.8, 4) is 0 Å². The fourth-order valence-electron chi connectivity index (χ4n) is 1.73. The lowest BCUT2D eigenvalue weighted by atomic mass is 10.0. The van der Waals surface area contributed by atoms with Crippen LogP contribution in [0.2, 0.25) is 0 Å². The third-order valence-electron chi connectivity index (χ3n) is 2.82. The van der Waals surface area contributed by atoms with Crippen molar-refractivity contribution in [3.63, 3.8) is 0 Å². The molecule has 1 atom stereocenters. The number of rotatable bonds is 7. The second kappa shape index (κ2) is 8.36. The van der Waals surface area contributed by atoms with Crippen molar-refractivity contribution in [2.75, 3.05) is 18.6 Å². The van der Waals surface area contributed by atoms with Gasteiger partial charge in [-0.05, 0) is 36.6 Å². The molecule has 0 heterocycles. The van der Waals surface area contributed by atoms with E-state index >= 15 is 0 Å². The molecular weight excluding hydrogens is 290 g/mol. The number of carbonyl (C=O) groups is 2. The Balaban J connectivity index is 2.72. The Morgan fingerprint density at radius 2 is 2.10 bits per heavy atom. The fraction of sp³-hybridized carbons (Fsp3) is 0.333. The number of carboxylic acids is 1. The highest BCUT2D eigenvalue weighted by Gasteiger charge is 2.09. The van der Waals surface area contributed by atoms with Crippen LogP contribution in [-0.4, -0.2) is 39.7 Å². The molecule has 1 aromatic carbocycles. The monoisotopic (exact) mass is 309 g/mol. The number of aliphatic carboxylic acids is 1. The Morgan fingerprint density at radius 3 is 2.71 bits per heavy atom. The van der Waals surface area contributed by atoms with E-state index in [1.54, 1.807) is 24.5 Å². The Hall–Kier alpha value is -1.95. The summed E-state index contributed by atoms with van der Waals surface area (Å²) in [5.41, 5.74) is 1.99. The molecule has 5 nitrogen and oxygen atoms in total. The highest BCUT2D eigenvalue weighted by molar-refractivity contribution is 7.84. The van der Waals surface area contributed by atoms with Crippen molar-refractivity contribution in [2.45, 2.75) is 13.3 Å². The predicted octanol–water partition coefficient (Wildman–Crippen LogP) is 1.59. The van der Waals surface area contributed by atoms with E-state index in [9.17, 15) is 13.8 Å². The molecule has 0 saturated carbocycles. The highest BCUT2D eigenvalue weighted by atomic mass is 32.2. The smallest absolute Gasteiger partial charge is 0.328 e. The number of nitrogens with one attached hydrogen (secondary N) is 1. The zero-order valence-electron chi connectivity index (χ0n) is 12.1. The maximum atomic E-state index is 12.1. The molecule has 0 bridgehead atoms. The van der Waals surface area contributed by atoms with Crippen LogP contribution >= 0.6 is 0 Å². The van der Waals surface area contributed by atoms with Gasteiger partial charge in [-0.15, -0.1) is 0 Å². The Morgan fingerprint density at radius 1 is 1.38 bits per heavy atom. The van der Waals surface area contributed by atoms with Gasteiger partial charge in [-0.3, -0.25) is 9.00 Å². The lowest BCUT2D eigenvalue weighted by molar-refractivity contribution is -0.131. The minimum atomic E-state index is -1.03. The average Bonchev–Trinajstić information content (AvgIpc) is 2.42. The highest BCUT2D eigenvalue weighted by Crippen LogP contribution is 2.12. The first-order chi connectivity index (χ1) is 9.90. The van der Waals surface area contributed by atoms with Gasteiger partial charge in [0.1, 0.15) is 0 Å². The first-order valence-corrected chi connectivity index (χ1v) is 8.22. The van der Waals surface area contributed by atoms with E-state index in [4.69, 9.17) is 5.11 Å². The molecule has 0 radical (unpaired) electrons. The molecule has 21 heavy (non-hydrogen) atoms. The van der Waals surface area contributed by atoms with Crippen LogP contribution in [0.25, 0.3) is 6.08 Å². The number of aryl methyl sites for hydroxylation is 1. The minimum absolute atomic E-state index is 0.208. The van der Waals surface area contributed by atoms with E-state index in [0.29, 0.717) is 29.8 Å². The summed E-state index contributed by atoms with van der Waals surface area (Å²) in [5, 5.41) is 11.4. The summed E-state index contributed by atoms with van der Waals surface area (Å²) in [6.45, 7) is 2.29. The Bertz CT molecular complexity index is 581. The summed E-state index contributed by atoms with van der Waals surface area (Å²) in [6.07, 6.45) is 4.76. The van der Waals surface area contributed by atoms with Gasteiger partial charge >= 0.3 is 5.97 Å². The van der Waals surface area contributed by atoms with Crippen molar-refractivity contribution >= 4 is 28.8 Å². The van der Waals surface area contributed by atoms with Gasteiger partial charge in [0.2, 0.25) is 0 Å². The van der Waals surface area contributed by atoms with Gasteiger partial charge in [0.25, 0.3) is 5.91 Å². The molecular formula is C15H19NO4S. The van der Waals surface area contributed by atoms with Crippen molar-refractivity contribution in [3.05, 3.63) is 41.0 Å². The molecule has 0 aliphatic heterocycles. The normalized spacial score (nSPS) is 12.3. The molecule has 1 unspecified atom stereocenters. The van der Waals surface area contributed by atoms with Gasteiger partial charge < -0.3 is 10.4 Å². The second-order valence-electron chi connectivity index (χ2n) is 4.63. The van der Waals surface area contributed by atoms with Gasteiger partial charge in [-0.25, -0.2) is 4.79 Å². The summed E-state index contributed by atoms with van der Waals surface area (Å²) >= 11 is 0. The van der Waals surface area contributed by atoms with E-state index in [1.807, 2.05) is 6.92 Å². The molecule has 0 spiro atoms. The number of hydrogen-bond acceptors (Lipinski definition) is 3. The quantitative estimate of drug-likeness (QED) is 0.592. The standard InChI is InChI=1S/C15H19NO4S/c1-11-4-5-12(6-7-14(17)18)10-13(11)15(19)16-8-3-9-21(2)20/h4-7,10H,3,8-9H2,1-2H3,(H,16,19)(H,17,18)/b7-6+. The summed E-state index contributed by atoms with van der Waals surface area (Å²) in [7, 11) is -0.856. The fourth-order valence-corrected chi connectivity index (χ4v) is 2.28. The number of benzene rings is 1. The number of carboxylic acid groups (broad SMARTS) is 1. The van der Waals surface area contributed by atoms with Crippen LogP contribution in [0.5, 0.6) is 0 Å².